The molecule has 0 atom stereocenters. The molecule has 2 rings (SSSR count). The van der Waals surface area contributed by atoms with Crippen molar-refractivity contribution in [1.82, 2.24) is 9.97 Å². The molecule has 2 aromatic rings. The summed E-state index contributed by atoms with van der Waals surface area (Å²) in [6.45, 7) is 0. The van der Waals surface area contributed by atoms with Gasteiger partial charge >= 0.3 is 6.18 Å². The van der Waals surface area contributed by atoms with Crippen LogP contribution in [0.4, 0.5) is 13.2 Å². The normalized spacial score (nSPS) is 11.2. The van der Waals surface area contributed by atoms with Gasteiger partial charge < -0.3 is 4.74 Å². The minimum absolute atomic E-state index is 0.0297. The third-order valence-corrected chi connectivity index (χ3v) is 2.77. The summed E-state index contributed by atoms with van der Waals surface area (Å²) in [5, 5.41) is 0.339. The van der Waals surface area contributed by atoms with Crippen molar-refractivity contribution in [3.8, 4) is 5.88 Å². The van der Waals surface area contributed by atoms with Gasteiger partial charge in [-0.05, 0) is 30.4 Å². The van der Waals surface area contributed by atoms with Crippen LogP contribution in [0.3, 0.4) is 0 Å². The van der Waals surface area contributed by atoms with Crippen LogP contribution in [-0.2, 0) is 6.18 Å². The van der Waals surface area contributed by atoms with E-state index >= 15 is 0 Å². The predicted molar refractivity (Wildman–Crippen MR) is 70.8 cm³/mol. The maximum absolute atomic E-state index is 12.4. The molecule has 2 heterocycles. The van der Waals surface area contributed by atoms with Crippen molar-refractivity contribution in [2.45, 2.75) is 6.18 Å². The molecule has 0 saturated heterocycles. The zero-order valence-corrected chi connectivity index (χ0v) is 11.3. The van der Waals surface area contributed by atoms with E-state index in [1.54, 1.807) is 6.07 Å². The third-order valence-electron chi connectivity index (χ3n) is 2.22. The standard InChI is InChI=1S/C12H6ClF3N2OS/c13-9-3-1-7(5-17-9)11(20)19-10-4-2-8(6-18-10)12(14,15)16/h1-6H. The van der Waals surface area contributed by atoms with Gasteiger partial charge in [-0.2, -0.15) is 13.2 Å². The molecule has 0 unspecified atom stereocenters. The van der Waals surface area contributed by atoms with Gasteiger partial charge in [0.15, 0.2) is 0 Å². The SMILES string of the molecule is FC(F)(F)c1ccc(OC(=S)c2ccc(Cl)nc2)nc1. The van der Waals surface area contributed by atoms with Crippen LogP contribution in [0.2, 0.25) is 5.15 Å². The van der Waals surface area contributed by atoms with Gasteiger partial charge in [0.25, 0.3) is 0 Å². The van der Waals surface area contributed by atoms with E-state index < -0.39 is 11.7 Å². The average molecular weight is 319 g/mol. The number of thiocarbonyl (C=S) groups is 1. The summed E-state index contributed by atoms with van der Waals surface area (Å²) in [5.74, 6) is -0.0297. The highest BCUT2D eigenvalue weighted by molar-refractivity contribution is 7.80. The zero-order valence-electron chi connectivity index (χ0n) is 9.69. The van der Waals surface area contributed by atoms with Crippen LogP contribution in [0, 0.1) is 0 Å². The molecule has 0 aliphatic carbocycles. The van der Waals surface area contributed by atoms with E-state index in [0.717, 1.165) is 12.1 Å². The maximum Gasteiger partial charge on any atom is 0.417 e. The summed E-state index contributed by atoms with van der Waals surface area (Å²) in [5.41, 5.74) is -0.380. The molecule has 0 N–H and O–H groups in total. The lowest BCUT2D eigenvalue weighted by molar-refractivity contribution is -0.137. The lowest BCUT2D eigenvalue weighted by atomic mass is 10.3. The van der Waals surface area contributed by atoms with Crippen LogP contribution in [0.25, 0.3) is 0 Å². The van der Waals surface area contributed by atoms with Gasteiger partial charge in [-0.3, -0.25) is 0 Å². The van der Waals surface area contributed by atoms with Crippen molar-refractivity contribution in [1.29, 1.82) is 0 Å². The Morgan fingerprint density at radius 3 is 2.35 bits per heavy atom. The van der Waals surface area contributed by atoms with Crippen molar-refractivity contribution in [3.05, 3.63) is 52.9 Å². The first kappa shape index (κ1) is 14.7. The fourth-order valence-electron chi connectivity index (χ4n) is 1.26. The van der Waals surface area contributed by atoms with Crippen molar-refractivity contribution >= 4 is 28.9 Å². The molecule has 0 radical (unpaired) electrons. The van der Waals surface area contributed by atoms with Gasteiger partial charge in [-0.25, -0.2) is 9.97 Å². The average Bonchev–Trinajstić information content (AvgIpc) is 2.39. The Morgan fingerprint density at radius 2 is 1.85 bits per heavy atom. The Kier molecular flexibility index (Phi) is 4.20. The van der Waals surface area contributed by atoms with E-state index in [2.05, 4.69) is 9.97 Å². The molecule has 0 saturated carbocycles. The Labute approximate surface area is 122 Å². The second kappa shape index (κ2) is 5.72. The second-order valence-electron chi connectivity index (χ2n) is 3.64. The summed E-state index contributed by atoms with van der Waals surface area (Å²) < 4.78 is 42.3. The van der Waals surface area contributed by atoms with Crippen molar-refractivity contribution in [2.24, 2.45) is 0 Å². The maximum atomic E-state index is 12.4. The molecular formula is C12H6ClF3N2OS. The number of ether oxygens (including phenoxy) is 1. The monoisotopic (exact) mass is 318 g/mol. The van der Waals surface area contributed by atoms with Gasteiger partial charge in [-0.15, -0.1) is 0 Å². The molecular weight excluding hydrogens is 313 g/mol. The topological polar surface area (TPSA) is 35.0 Å². The van der Waals surface area contributed by atoms with Crippen molar-refractivity contribution in [2.75, 3.05) is 0 Å². The van der Waals surface area contributed by atoms with Crippen LogP contribution >= 0.6 is 23.8 Å². The first-order valence-corrected chi connectivity index (χ1v) is 6.02. The fourth-order valence-corrected chi connectivity index (χ4v) is 1.58. The van der Waals surface area contributed by atoms with Crippen LogP contribution < -0.4 is 4.74 Å². The van der Waals surface area contributed by atoms with E-state index in [4.69, 9.17) is 28.6 Å². The molecule has 0 bridgehead atoms. The molecule has 0 aliphatic heterocycles. The summed E-state index contributed by atoms with van der Waals surface area (Å²) >= 11 is 10.6. The molecule has 0 aromatic carbocycles. The summed E-state index contributed by atoms with van der Waals surface area (Å²) in [6, 6.07) is 5.07. The van der Waals surface area contributed by atoms with E-state index in [1.165, 1.54) is 12.3 Å². The van der Waals surface area contributed by atoms with E-state index in [-0.39, 0.29) is 10.9 Å². The summed E-state index contributed by atoms with van der Waals surface area (Å²) in [6.07, 6.45) is -2.36. The highest BCUT2D eigenvalue weighted by Gasteiger charge is 2.30. The van der Waals surface area contributed by atoms with Crippen molar-refractivity contribution in [3.63, 3.8) is 0 Å². The molecule has 0 aliphatic rings. The molecule has 3 nitrogen and oxygen atoms in total. The third kappa shape index (κ3) is 3.64. The van der Waals surface area contributed by atoms with E-state index in [9.17, 15) is 13.2 Å². The first-order chi connectivity index (χ1) is 9.36. The quantitative estimate of drug-likeness (QED) is 0.621. The van der Waals surface area contributed by atoms with Gasteiger partial charge in [-0.1, -0.05) is 11.6 Å². The molecule has 2 aromatic heterocycles. The van der Waals surface area contributed by atoms with Gasteiger partial charge in [0, 0.05) is 24.0 Å². The van der Waals surface area contributed by atoms with Crippen LogP contribution in [-0.4, -0.2) is 15.0 Å². The minimum atomic E-state index is -4.44. The summed E-state index contributed by atoms with van der Waals surface area (Å²) in [4.78, 5) is 7.37. The van der Waals surface area contributed by atoms with Gasteiger partial charge in [0.1, 0.15) is 5.15 Å². The minimum Gasteiger partial charge on any atom is -0.427 e. The zero-order chi connectivity index (χ0) is 14.8. The first-order valence-electron chi connectivity index (χ1n) is 5.23. The molecule has 0 fully saturated rings. The number of alkyl halides is 3. The number of nitrogens with zero attached hydrogens (tertiary/aromatic N) is 2. The molecule has 0 spiro atoms. The number of aromatic nitrogens is 2. The van der Waals surface area contributed by atoms with Crippen LogP contribution in [0.5, 0.6) is 5.88 Å². The predicted octanol–water partition coefficient (Wildman–Crippen LogP) is 3.90. The Hall–Kier alpha value is -1.73. The second-order valence-corrected chi connectivity index (χ2v) is 4.40. The smallest absolute Gasteiger partial charge is 0.417 e. The van der Waals surface area contributed by atoms with Crippen molar-refractivity contribution < 1.29 is 17.9 Å². The molecule has 104 valence electrons. The number of pyridine rings is 2. The largest absolute Gasteiger partial charge is 0.427 e. The van der Waals surface area contributed by atoms with Gasteiger partial charge in [0.05, 0.1) is 5.56 Å². The number of hydrogen-bond acceptors (Lipinski definition) is 4. The Bertz CT molecular complexity index is 614. The van der Waals surface area contributed by atoms with E-state index in [1.807, 2.05) is 0 Å². The summed E-state index contributed by atoms with van der Waals surface area (Å²) in [7, 11) is 0. The molecule has 0 amide bonds. The lowest BCUT2D eigenvalue weighted by Crippen LogP contribution is -2.10. The molecule has 8 heteroatoms. The highest BCUT2D eigenvalue weighted by Crippen LogP contribution is 2.29. The van der Waals surface area contributed by atoms with Gasteiger partial charge in [0.2, 0.25) is 10.9 Å². The Morgan fingerprint density at radius 1 is 1.10 bits per heavy atom. The fraction of sp³-hybridized carbons (Fsp3) is 0.0833. The number of hydrogen-bond donors (Lipinski definition) is 0. The molecule has 20 heavy (non-hydrogen) atoms. The lowest BCUT2D eigenvalue weighted by Gasteiger charge is -2.08. The van der Waals surface area contributed by atoms with E-state index in [0.29, 0.717) is 16.9 Å². The highest BCUT2D eigenvalue weighted by atomic mass is 35.5. The number of halogens is 4. The van der Waals surface area contributed by atoms with Crippen LogP contribution in [0.15, 0.2) is 36.7 Å². The number of rotatable bonds is 2. The van der Waals surface area contributed by atoms with Crippen LogP contribution in [0.1, 0.15) is 11.1 Å². The Balaban J connectivity index is 2.10.